The minimum absolute atomic E-state index is 0.219. The Labute approximate surface area is 114 Å². The minimum atomic E-state index is -0.671. The highest BCUT2D eigenvalue weighted by molar-refractivity contribution is 5.70. The maximum Gasteiger partial charge on any atom is 0.307 e. The quantitative estimate of drug-likeness (QED) is 0.884. The maximum absolute atomic E-state index is 11.1. The number of methoxy groups -OCH3 is 1. The van der Waals surface area contributed by atoms with Crippen LogP contribution < -0.4 is 0 Å². The third-order valence-electron chi connectivity index (χ3n) is 3.67. The Morgan fingerprint density at radius 3 is 2.84 bits per heavy atom. The summed E-state index contributed by atoms with van der Waals surface area (Å²) in [7, 11) is 1.69. The lowest BCUT2D eigenvalue weighted by Crippen LogP contribution is -2.38. The highest BCUT2D eigenvalue weighted by atomic mass is 16.5. The van der Waals surface area contributed by atoms with Gasteiger partial charge in [-0.2, -0.15) is 0 Å². The Kier molecular flexibility index (Phi) is 4.93. The SMILES string of the molecule is COCc1ccccc1CN1CCCC(C(=O)O)C1. The van der Waals surface area contributed by atoms with Crippen LogP contribution in [0.5, 0.6) is 0 Å². The molecule has 1 aromatic carbocycles. The predicted octanol–water partition coefficient (Wildman–Crippen LogP) is 2.13. The number of carboxylic acid groups (broad SMARTS) is 1. The standard InChI is InChI=1S/C15H21NO3/c1-19-11-14-6-3-2-5-12(14)9-16-8-4-7-13(10-16)15(17)18/h2-3,5-6,13H,4,7-11H2,1H3,(H,17,18). The average Bonchev–Trinajstić information content (AvgIpc) is 2.41. The Balaban J connectivity index is 2.02. The molecule has 4 nitrogen and oxygen atoms in total. The Hall–Kier alpha value is -1.39. The van der Waals surface area contributed by atoms with E-state index in [4.69, 9.17) is 9.84 Å². The van der Waals surface area contributed by atoms with Gasteiger partial charge in [-0.1, -0.05) is 24.3 Å². The molecule has 0 aromatic heterocycles. The summed E-state index contributed by atoms with van der Waals surface area (Å²) in [5, 5.41) is 9.11. The lowest BCUT2D eigenvalue weighted by molar-refractivity contribution is -0.143. The van der Waals surface area contributed by atoms with E-state index in [-0.39, 0.29) is 5.92 Å². The highest BCUT2D eigenvalue weighted by Crippen LogP contribution is 2.20. The minimum Gasteiger partial charge on any atom is -0.481 e. The van der Waals surface area contributed by atoms with E-state index in [2.05, 4.69) is 17.0 Å². The largest absolute Gasteiger partial charge is 0.481 e. The number of hydrogen-bond acceptors (Lipinski definition) is 3. The van der Waals surface area contributed by atoms with Crippen LogP contribution in [0.1, 0.15) is 24.0 Å². The van der Waals surface area contributed by atoms with Crippen molar-refractivity contribution in [3.05, 3.63) is 35.4 Å². The molecule has 1 unspecified atom stereocenters. The molecule has 1 fully saturated rings. The lowest BCUT2D eigenvalue weighted by atomic mass is 9.97. The van der Waals surface area contributed by atoms with Gasteiger partial charge >= 0.3 is 5.97 Å². The number of benzene rings is 1. The molecule has 0 bridgehead atoms. The first-order valence-electron chi connectivity index (χ1n) is 6.71. The second kappa shape index (κ2) is 6.68. The van der Waals surface area contributed by atoms with Crippen molar-refractivity contribution in [1.29, 1.82) is 0 Å². The van der Waals surface area contributed by atoms with E-state index in [1.54, 1.807) is 7.11 Å². The van der Waals surface area contributed by atoms with E-state index in [1.165, 1.54) is 11.1 Å². The molecule has 1 N–H and O–H groups in total. The van der Waals surface area contributed by atoms with E-state index in [0.717, 1.165) is 25.9 Å². The molecule has 104 valence electrons. The maximum atomic E-state index is 11.1. The van der Waals surface area contributed by atoms with Crippen molar-refractivity contribution in [1.82, 2.24) is 4.90 Å². The molecule has 0 radical (unpaired) electrons. The first-order valence-corrected chi connectivity index (χ1v) is 6.71. The Morgan fingerprint density at radius 1 is 1.42 bits per heavy atom. The van der Waals surface area contributed by atoms with E-state index >= 15 is 0 Å². The summed E-state index contributed by atoms with van der Waals surface area (Å²) in [6, 6.07) is 8.19. The van der Waals surface area contributed by atoms with Crippen LogP contribution in [0.15, 0.2) is 24.3 Å². The molecule has 0 amide bonds. The van der Waals surface area contributed by atoms with Crippen LogP contribution >= 0.6 is 0 Å². The van der Waals surface area contributed by atoms with Crippen LogP contribution in [0.25, 0.3) is 0 Å². The molecular weight excluding hydrogens is 242 g/mol. The molecule has 1 atom stereocenters. The molecule has 1 heterocycles. The van der Waals surface area contributed by atoms with Crippen LogP contribution in [0.2, 0.25) is 0 Å². The molecule has 1 aliphatic heterocycles. The number of ether oxygens (including phenoxy) is 1. The molecule has 1 aliphatic rings. The van der Waals surface area contributed by atoms with Crippen molar-refractivity contribution in [2.75, 3.05) is 20.2 Å². The third-order valence-corrected chi connectivity index (χ3v) is 3.67. The van der Waals surface area contributed by atoms with Gasteiger partial charge in [-0.15, -0.1) is 0 Å². The van der Waals surface area contributed by atoms with Gasteiger partial charge in [-0.05, 0) is 30.5 Å². The summed E-state index contributed by atoms with van der Waals surface area (Å²) in [4.78, 5) is 13.3. The molecule has 19 heavy (non-hydrogen) atoms. The zero-order valence-corrected chi connectivity index (χ0v) is 11.3. The fourth-order valence-electron chi connectivity index (χ4n) is 2.65. The van der Waals surface area contributed by atoms with Gasteiger partial charge in [0, 0.05) is 20.2 Å². The summed E-state index contributed by atoms with van der Waals surface area (Å²) in [6.45, 7) is 3.04. The van der Waals surface area contributed by atoms with Crippen molar-refractivity contribution in [2.24, 2.45) is 5.92 Å². The molecule has 4 heteroatoms. The first kappa shape index (κ1) is 14.0. The van der Waals surface area contributed by atoms with Crippen LogP contribution in [0.4, 0.5) is 0 Å². The van der Waals surface area contributed by atoms with Gasteiger partial charge in [0.15, 0.2) is 0 Å². The fraction of sp³-hybridized carbons (Fsp3) is 0.533. The van der Waals surface area contributed by atoms with Gasteiger partial charge < -0.3 is 9.84 Å². The van der Waals surface area contributed by atoms with Crippen LogP contribution in [0.3, 0.4) is 0 Å². The molecule has 1 saturated heterocycles. The number of aliphatic carboxylic acids is 1. The number of likely N-dealkylation sites (tertiary alicyclic amines) is 1. The molecule has 0 aliphatic carbocycles. The predicted molar refractivity (Wildman–Crippen MR) is 72.8 cm³/mol. The molecule has 0 spiro atoms. The lowest BCUT2D eigenvalue weighted by Gasteiger charge is -2.31. The van der Waals surface area contributed by atoms with Gasteiger partial charge in [-0.3, -0.25) is 9.69 Å². The van der Waals surface area contributed by atoms with Crippen molar-refractivity contribution >= 4 is 5.97 Å². The van der Waals surface area contributed by atoms with E-state index in [1.807, 2.05) is 12.1 Å². The highest BCUT2D eigenvalue weighted by Gasteiger charge is 2.25. The zero-order valence-electron chi connectivity index (χ0n) is 11.3. The van der Waals surface area contributed by atoms with Gasteiger partial charge in [0.2, 0.25) is 0 Å². The summed E-state index contributed by atoms with van der Waals surface area (Å²) < 4.78 is 5.20. The Bertz CT molecular complexity index is 433. The average molecular weight is 263 g/mol. The van der Waals surface area contributed by atoms with Crippen molar-refractivity contribution < 1.29 is 14.6 Å². The number of hydrogen-bond donors (Lipinski definition) is 1. The summed E-state index contributed by atoms with van der Waals surface area (Å²) in [5.41, 5.74) is 2.41. The van der Waals surface area contributed by atoms with Gasteiger partial charge in [0.1, 0.15) is 0 Å². The first-order chi connectivity index (χ1) is 9.20. The summed E-state index contributed by atoms with van der Waals surface area (Å²) in [5.74, 6) is -0.891. The van der Waals surface area contributed by atoms with Gasteiger partial charge in [0.25, 0.3) is 0 Å². The number of carboxylic acids is 1. The van der Waals surface area contributed by atoms with Crippen molar-refractivity contribution in [3.8, 4) is 0 Å². The number of carbonyl (C=O) groups is 1. The fourth-order valence-corrected chi connectivity index (χ4v) is 2.65. The normalized spacial score (nSPS) is 20.4. The molecule has 2 rings (SSSR count). The van der Waals surface area contributed by atoms with E-state index in [9.17, 15) is 4.79 Å². The molecule has 0 saturated carbocycles. The molecule has 1 aromatic rings. The van der Waals surface area contributed by atoms with Gasteiger partial charge in [0.05, 0.1) is 12.5 Å². The van der Waals surface area contributed by atoms with Crippen LogP contribution in [-0.2, 0) is 22.7 Å². The third kappa shape index (κ3) is 3.78. The smallest absolute Gasteiger partial charge is 0.307 e. The van der Waals surface area contributed by atoms with Crippen molar-refractivity contribution in [3.63, 3.8) is 0 Å². The second-order valence-electron chi connectivity index (χ2n) is 5.11. The summed E-state index contributed by atoms with van der Waals surface area (Å²) >= 11 is 0. The number of piperidine rings is 1. The number of rotatable bonds is 5. The Morgan fingerprint density at radius 2 is 2.16 bits per heavy atom. The number of nitrogens with zero attached hydrogens (tertiary/aromatic N) is 1. The van der Waals surface area contributed by atoms with Gasteiger partial charge in [-0.25, -0.2) is 0 Å². The van der Waals surface area contributed by atoms with E-state index in [0.29, 0.717) is 13.2 Å². The zero-order chi connectivity index (χ0) is 13.7. The monoisotopic (exact) mass is 263 g/mol. The topological polar surface area (TPSA) is 49.8 Å². The summed E-state index contributed by atoms with van der Waals surface area (Å²) in [6.07, 6.45) is 1.76. The van der Waals surface area contributed by atoms with Crippen LogP contribution in [-0.4, -0.2) is 36.2 Å². The molecular formula is C15H21NO3. The van der Waals surface area contributed by atoms with Crippen molar-refractivity contribution in [2.45, 2.75) is 26.0 Å². The second-order valence-corrected chi connectivity index (χ2v) is 5.11. The van der Waals surface area contributed by atoms with Crippen LogP contribution in [0, 0.1) is 5.92 Å². The van der Waals surface area contributed by atoms with E-state index < -0.39 is 5.97 Å².